The number of rotatable bonds is 6. The van der Waals surface area contributed by atoms with Crippen molar-refractivity contribution >= 4 is 21.6 Å². The van der Waals surface area contributed by atoms with E-state index in [1.165, 1.54) is 18.2 Å². The topological polar surface area (TPSA) is 90.2 Å². The van der Waals surface area contributed by atoms with Crippen LogP contribution in [0.2, 0.25) is 5.02 Å². The molecule has 5 nitrogen and oxygen atoms in total. The largest absolute Gasteiger partial charge is 0.393 e. The first-order valence-corrected chi connectivity index (χ1v) is 8.31. The summed E-state index contributed by atoms with van der Waals surface area (Å²) in [6, 6.07) is 6.10. The second-order valence-corrected chi connectivity index (χ2v) is 7.91. The predicted octanol–water partition coefficient (Wildman–Crippen LogP) is 2.29. The van der Waals surface area contributed by atoms with Crippen LogP contribution in [0.25, 0.3) is 0 Å². The summed E-state index contributed by atoms with van der Waals surface area (Å²) in [5, 5.41) is 18.6. The maximum absolute atomic E-state index is 12.3. The number of sulfonamides is 1. The molecule has 0 bridgehead atoms. The molecule has 0 aliphatic rings. The molecule has 0 saturated heterocycles. The van der Waals surface area contributed by atoms with Crippen molar-refractivity contribution in [3.63, 3.8) is 0 Å². The van der Waals surface area contributed by atoms with Crippen LogP contribution in [0.3, 0.4) is 0 Å². The number of aliphatic hydroxyl groups is 1. The number of aliphatic hydroxyl groups excluding tert-OH is 1. The Labute approximate surface area is 130 Å². The van der Waals surface area contributed by atoms with Gasteiger partial charge in [-0.05, 0) is 30.9 Å². The first-order valence-electron chi connectivity index (χ1n) is 6.45. The third-order valence-corrected chi connectivity index (χ3v) is 4.72. The van der Waals surface area contributed by atoms with E-state index in [2.05, 4.69) is 4.72 Å². The third-order valence-electron chi connectivity index (χ3n) is 2.97. The molecule has 0 aromatic heterocycles. The molecular formula is C14H19ClN2O3S. The first kappa shape index (κ1) is 17.9. The number of benzene rings is 1. The lowest BCUT2D eigenvalue weighted by molar-refractivity contribution is 0.131. The van der Waals surface area contributed by atoms with Crippen molar-refractivity contribution in [1.82, 2.24) is 4.72 Å². The Kier molecular flexibility index (Phi) is 5.76. The van der Waals surface area contributed by atoms with Gasteiger partial charge in [0, 0.05) is 6.54 Å². The third kappa shape index (κ3) is 4.97. The minimum Gasteiger partial charge on any atom is -0.393 e. The molecule has 0 saturated carbocycles. The summed E-state index contributed by atoms with van der Waals surface area (Å²) in [7, 11) is -3.83. The van der Waals surface area contributed by atoms with Crippen LogP contribution in [0.4, 0.5) is 0 Å². The van der Waals surface area contributed by atoms with Gasteiger partial charge in [0.1, 0.15) is 11.0 Å². The number of hydrogen-bond acceptors (Lipinski definition) is 4. The standard InChI is InChI=1S/C14H19ClN2O3S/c1-10(18)7-14(2,3)9-17-21(19,20)13-6-4-5-12(15)11(13)8-16/h4-6,10,17-18H,7,9H2,1-3H3/t10-/m0/s1. The molecule has 0 aliphatic heterocycles. The molecule has 0 radical (unpaired) electrons. The second kappa shape index (κ2) is 6.75. The predicted molar refractivity (Wildman–Crippen MR) is 81.4 cm³/mol. The number of nitriles is 1. The highest BCUT2D eigenvalue weighted by molar-refractivity contribution is 7.89. The van der Waals surface area contributed by atoms with Gasteiger partial charge in [0.05, 0.1) is 16.7 Å². The summed E-state index contributed by atoms with van der Waals surface area (Å²) in [6.07, 6.45) is -0.0683. The molecule has 0 heterocycles. The van der Waals surface area contributed by atoms with Crippen molar-refractivity contribution in [2.75, 3.05) is 6.54 Å². The number of nitrogens with zero attached hydrogens (tertiary/aromatic N) is 1. The van der Waals surface area contributed by atoms with Gasteiger partial charge in [0.15, 0.2) is 0 Å². The molecule has 1 aromatic carbocycles. The highest BCUT2D eigenvalue weighted by Crippen LogP contribution is 2.25. The van der Waals surface area contributed by atoms with E-state index < -0.39 is 21.5 Å². The van der Waals surface area contributed by atoms with Crippen molar-refractivity contribution in [3.8, 4) is 6.07 Å². The maximum Gasteiger partial charge on any atom is 0.241 e. The Morgan fingerprint density at radius 3 is 2.62 bits per heavy atom. The highest BCUT2D eigenvalue weighted by atomic mass is 35.5. The molecule has 0 aliphatic carbocycles. The van der Waals surface area contributed by atoms with Gasteiger partial charge < -0.3 is 5.11 Å². The molecule has 1 atom stereocenters. The molecule has 2 N–H and O–H groups in total. The van der Waals surface area contributed by atoms with E-state index in [-0.39, 0.29) is 22.0 Å². The summed E-state index contributed by atoms with van der Waals surface area (Å²) < 4.78 is 27.1. The lowest BCUT2D eigenvalue weighted by Crippen LogP contribution is -2.36. The van der Waals surface area contributed by atoms with Crippen LogP contribution in [0.15, 0.2) is 23.1 Å². The monoisotopic (exact) mass is 330 g/mol. The van der Waals surface area contributed by atoms with E-state index in [1.54, 1.807) is 6.92 Å². The SMILES string of the molecule is C[C@H](O)CC(C)(C)CNS(=O)(=O)c1cccc(Cl)c1C#N. The van der Waals surface area contributed by atoms with Crippen LogP contribution in [-0.4, -0.2) is 26.2 Å². The van der Waals surface area contributed by atoms with Crippen molar-refractivity contribution in [2.45, 2.75) is 38.2 Å². The maximum atomic E-state index is 12.3. The van der Waals surface area contributed by atoms with Gasteiger partial charge in [0.25, 0.3) is 0 Å². The summed E-state index contributed by atoms with van der Waals surface area (Å²) >= 11 is 5.85. The molecule has 0 spiro atoms. The number of hydrogen-bond donors (Lipinski definition) is 2. The Morgan fingerprint density at radius 2 is 2.10 bits per heavy atom. The zero-order chi connectivity index (χ0) is 16.3. The molecular weight excluding hydrogens is 312 g/mol. The lowest BCUT2D eigenvalue weighted by Gasteiger charge is -2.26. The fourth-order valence-corrected chi connectivity index (χ4v) is 3.77. The van der Waals surface area contributed by atoms with Gasteiger partial charge in [-0.2, -0.15) is 5.26 Å². The number of halogens is 1. The molecule has 1 aromatic rings. The molecule has 0 unspecified atom stereocenters. The van der Waals surface area contributed by atoms with Crippen LogP contribution in [0, 0.1) is 16.7 Å². The zero-order valence-corrected chi connectivity index (χ0v) is 13.8. The molecule has 0 fully saturated rings. The van der Waals surface area contributed by atoms with Crippen LogP contribution in [0.5, 0.6) is 0 Å². The van der Waals surface area contributed by atoms with Crippen molar-refractivity contribution < 1.29 is 13.5 Å². The molecule has 1 rings (SSSR count). The number of nitrogens with one attached hydrogen (secondary N) is 1. The van der Waals surface area contributed by atoms with Gasteiger partial charge in [0.2, 0.25) is 10.0 Å². The Bertz CT molecular complexity index is 649. The van der Waals surface area contributed by atoms with Crippen LogP contribution >= 0.6 is 11.6 Å². The lowest BCUT2D eigenvalue weighted by atomic mass is 9.87. The van der Waals surface area contributed by atoms with E-state index in [0.717, 1.165) is 0 Å². The van der Waals surface area contributed by atoms with Gasteiger partial charge in [-0.3, -0.25) is 0 Å². The summed E-state index contributed by atoms with van der Waals surface area (Å²) in [4.78, 5) is -0.134. The summed E-state index contributed by atoms with van der Waals surface area (Å²) in [5.41, 5.74) is -0.480. The van der Waals surface area contributed by atoms with E-state index in [0.29, 0.717) is 6.42 Å². The normalized spacial score (nSPS) is 13.7. The van der Waals surface area contributed by atoms with E-state index >= 15 is 0 Å². The van der Waals surface area contributed by atoms with Gasteiger partial charge in [-0.25, -0.2) is 13.1 Å². The fourth-order valence-electron chi connectivity index (χ4n) is 2.08. The van der Waals surface area contributed by atoms with Crippen LogP contribution in [0.1, 0.15) is 32.8 Å². The van der Waals surface area contributed by atoms with Crippen molar-refractivity contribution in [1.29, 1.82) is 5.26 Å². The van der Waals surface area contributed by atoms with Gasteiger partial charge in [-0.1, -0.05) is 31.5 Å². The van der Waals surface area contributed by atoms with Gasteiger partial charge in [-0.15, -0.1) is 0 Å². The zero-order valence-electron chi connectivity index (χ0n) is 12.2. The Balaban J connectivity index is 2.99. The minimum absolute atomic E-state index is 0.0694. The van der Waals surface area contributed by atoms with E-state index in [1.807, 2.05) is 19.9 Å². The van der Waals surface area contributed by atoms with Crippen molar-refractivity contribution in [3.05, 3.63) is 28.8 Å². The second-order valence-electron chi connectivity index (χ2n) is 5.77. The summed E-state index contributed by atoms with van der Waals surface area (Å²) in [5.74, 6) is 0. The average Bonchev–Trinajstić information content (AvgIpc) is 2.35. The molecule has 0 amide bonds. The van der Waals surface area contributed by atoms with Gasteiger partial charge >= 0.3 is 0 Å². The van der Waals surface area contributed by atoms with Crippen molar-refractivity contribution in [2.24, 2.45) is 5.41 Å². The Hall–Kier alpha value is -1.13. The molecule has 7 heteroatoms. The smallest absolute Gasteiger partial charge is 0.241 e. The van der Waals surface area contributed by atoms with E-state index in [9.17, 15) is 13.5 Å². The quantitative estimate of drug-likeness (QED) is 0.837. The minimum atomic E-state index is -3.83. The average molecular weight is 331 g/mol. The van der Waals surface area contributed by atoms with Crippen LogP contribution in [-0.2, 0) is 10.0 Å². The fraction of sp³-hybridized carbons (Fsp3) is 0.500. The molecule has 21 heavy (non-hydrogen) atoms. The molecule has 116 valence electrons. The highest BCUT2D eigenvalue weighted by Gasteiger charge is 2.26. The van der Waals surface area contributed by atoms with Crippen LogP contribution < -0.4 is 4.72 Å². The first-order chi connectivity index (χ1) is 9.59. The Morgan fingerprint density at radius 1 is 1.48 bits per heavy atom. The van der Waals surface area contributed by atoms with E-state index in [4.69, 9.17) is 16.9 Å². The summed E-state index contributed by atoms with van der Waals surface area (Å²) in [6.45, 7) is 5.51.